The van der Waals surface area contributed by atoms with Crippen molar-refractivity contribution in [3.05, 3.63) is 27.7 Å². The van der Waals surface area contributed by atoms with Crippen LogP contribution in [0.1, 0.15) is 30.6 Å². The van der Waals surface area contributed by atoms with Crippen molar-refractivity contribution in [1.29, 1.82) is 0 Å². The van der Waals surface area contributed by atoms with E-state index >= 15 is 0 Å². The van der Waals surface area contributed by atoms with Gasteiger partial charge in [-0.05, 0) is 25.5 Å². The molecule has 1 heterocycles. The quantitative estimate of drug-likeness (QED) is 0.866. The van der Waals surface area contributed by atoms with Crippen molar-refractivity contribution < 1.29 is 4.79 Å². The zero-order valence-electron chi connectivity index (χ0n) is 12.4. The second-order valence-corrected chi connectivity index (χ2v) is 6.25. The number of piperazine rings is 1. The predicted molar refractivity (Wildman–Crippen MR) is 88.1 cm³/mol. The number of hydrogen-bond donors (Lipinski definition) is 1. The molecule has 0 aromatic heterocycles. The van der Waals surface area contributed by atoms with Gasteiger partial charge in [0.2, 0.25) is 0 Å². The molecule has 2 rings (SSSR count). The zero-order valence-corrected chi connectivity index (χ0v) is 13.9. The number of nitrogen functional groups attached to an aromatic ring is 1. The fourth-order valence-electron chi connectivity index (χ4n) is 2.51. The van der Waals surface area contributed by atoms with Crippen molar-refractivity contribution in [2.24, 2.45) is 0 Å². The van der Waals surface area contributed by atoms with Crippen LogP contribution in [0.2, 0.25) is 10.0 Å². The minimum atomic E-state index is -0.0393. The van der Waals surface area contributed by atoms with E-state index in [0.29, 0.717) is 27.3 Å². The molecule has 116 valence electrons. The molecule has 4 nitrogen and oxygen atoms in total. The Kier molecular flexibility index (Phi) is 5.36. The average molecular weight is 330 g/mol. The molecule has 2 N–H and O–H groups in total. The molecule has 1 aliphatic heterocycles. The Morgan fingerprint density at radius 1 is 1.24 bits per heavy atom. The Hall–Kier alpha value is -0.970. The number of amides is 1. The maximum atomic E-state index is 12.5. The van der Waals surface area contributed by atoms with Crippen LogP contribution in [0.25, 0.3) is 0 Å². The third-order valence-electron chi connectivity index (χ3n) is 4.14. The number of anilines is 1. The summed E-state index contributed by atoms with van der Waals surface area (Å²) in [6.45, 7) is 7.65. The molecule has 1 amide bonds. The number of carbonyl (C=O) groups is 1. The van der Waals surface area contributed by atoms with Gasteiger partial charge in [-0.15, -0.1) is 0 Å². The summed E-state index contributed by atoms with van der Waals surface area (Å²) in [5.74, 6) is -0.0393. The van der Waals surface area contributed by atoms with Gasteiger partial charge in [-0.1, -0.05) is 30.1 Å². The van der Waals surface area contributed by atoms with Gasteiger partial charge in [0.15, 0.2) is 0 Å². The lowest BCUT2D eigenvalue weighted by Crippen LogP contribution is -2.51. The van der Waals surface area contributed by atoms with E-state index in [1.807, 2.05) is 4.90 Å². The van der Waals surface area contributed by atoms with Gasteiger partial charge in [0.05, 0.1) is 15.7 Å². The molecule has 1 fully saturated rings. The first kappa shape index (κ1) is 16.4. The van der Waals surface area contributed by atoms with Gasteiger partial charge in [-0.3, -0.25) is 9.69 Å². The van der Waals surface area contributed by atoms with E-state index in [1.165, 1.54) is 0 Å². The SMILES string of the molecule is CCC(C)N1CCN(C(=O)c2cc(Cl)c(N)c(Cl)c2)CC1. The maximum Gasteiger partial charge on any atom is 0.254 e. The molecule has 1 aliphatic rings. The summed E-state index contributed by atoms with van der Waals surface area (Å²) in [4.78, 5) is 16.8. The van der Waals surface area contributed by atoms with Gasteiger partial charge in [0, 0.05) is 37.8 Å². The normalized spacial score (nSPS) is 17.8. The largest absolute Gasteiger partial charge is 0.396 e. The van der Waals surface area contributed by atoms with Crippen LogP contribution in [0.4, 0.5) is 5.69 Å². The molecular formula is C15H21Cl2N3O. The van der Waals surface area contributed by atoms with E-state index < -0.39 is 0 Å². The molecule has 1 aromatic rings. The topological polar surface area (TPSA) is 49.6 Å². The highest BCUT2D eigenvalue weighted by molar-refractivity contribution is 6.39. The summed E-state index contributed by atoms with van der Waals surface area (Å²) in [5, 5.41) is 0.646. The molecule has 1 unspecified atom stereocenters. The van der Waals surface area contributed by atoms with Crippen molar-refractivity contribution in [1.82, 2.24) is 9.80 Å². The first-order chi connectivity index (χ1) is 9.93. The fourth-order valence-corrected chi connectivity index (χ4v) is 3.00. The molecule has 0 spiro atoms. The summed E-state index contributed by atoms with van der Waals surface area (Å²) in [6, 6.07) is 3.74. The van der Waals surface area contributed by atoms with E-state index in [2.05, 4.69) is 18.7 Å². The fraction of sp³-hybridized carbons (Fsp3) is 0.533. The Labute approximate surface area is 135 Å². The number of rotatable bonds is 3. The monoisotopic (exact) mass is 329 g/mol. The molecule has 0 radical (unpaired) electrons. The van der Waals surface area contributed by atoms with Crippen LogP contribution in [0.5, 0.6) is 0 Å². The highest BCUT2D eigenvalue weighted by Crippen LogP contribution is 2.29. The van der Waals surface area contributed by atoms with E-state index in [4.69, 9.17) is 28.9 Å². The second-order valence-electron chi connectivity index (χ2n) is 5.44. The third kappa shape index (κ3) is 3.62. The summed E-state index contributed by atoms with van der Waals surface area (Å²) < 4.78 is 0. The Morgan fingerprint density at radius 3 is 2.24 bits per heavy atom. The van der Waals surface area contributed by atoms with Crippen LogP contribution in [0.3, 0.4) is 0 Å². The number of halogens is 2. The van der Waals surface area contributed by atoms with Crippen molar-refractivity contribution in [3.8, 4) is 0 Å². The predicted octanol–water partition coefficient (Wildman–Crippen LogP) is 3.13. The number of carbonyl (C=O) groups excluding carboxylic acids is 1. The van der Waals surface area contributed by atoms with Crippen LogP contribution in [0, 0.1) is 0 Å². The molecule has 0 saturated carbocycles. The lowest BCUT2D eigenvalue weighted by atomic mass is 10.1. The minimum absolute atomic E-state index is 0.0393. The summed E-state index contributed by atoms with van der Waals surface area (Å²) in [5.41, 5.74) is 6.51. The van der Waals surface area contributed by atoms with E-state index in [1.54, 1.807) is 12.1 Å². The van der Waals surface area contributed by atoms with Crippen molar-refractivity contribution in [3.63, 3.8) is 0 Å². The molecule has 0 bridgehead atoms. The van der Waals surface area contributed by atoms with Gasteiger partial charge < -0.3 is 10.6 Å². The van der Waals surface area contributed by atoms with Crippen LogP contribution in [-0.2, 0) is 0 Å². The summed E-state index contributed by atoms with van der Waals surface area (Å²) in [7, 11) is 0. The van der Waals surface area contributed by atoms with Crippen molar-refractivity contribution in [2.75, 3.05) is 31.9 Å². The number of nitrogens with two attached hydrogens (primary N) is 1. The Morgan fingerprint density at radius 2 is 1.76 bits per heavy atom. The van der Waals surface area contributed by atoms with Gasteiger partial charge in [0.25, 0.3) is 5.91 Å². The first-order valence-corrected chi connectivity index (χ1v) is 7.97. The Bertz CT molecular complexity index is 505. The molecule has 1 saturated heterocycles. The van der Waals surface area contributed by atoms with E-state index in [0.717, 1.165) is 32.6 Å². The van der Waals surface area contributed by atoms with E-state index in [-0.39, 0.29) is 5.91 Å². The first-order valence-electron chi connectivity index (χ1n) is 7.21. The maximum absolute atomic E-state index is 12.5. The molecule has 1 atom stereocenters. The number of nitrogens with zero attached hydrogens (tertiary/aromatic N) is 2. The number of hydrogen-bond acceptors (Lipinski definition) is 3. The molecule has 0 aliphatic carbocycles. The molecule has 1 aromatic carbocycles. The Balaban J connectivity index is 2.05. The highest BCUT2D eigenvalue weighted by atomic mass is 35.5. The van der Waals surface area contributed by atoms with Gasteiger partial charge in [-0.2, -0.15) is 0 Å². The summed E-state index contributed by atoms with van der Waals surface area (Å²) in [6.07, 6.45) is 1.12. The number of benzene rings is 1. The zero-order chi connectivity index (χ0) is 15.6. The second kappa shape index (κ2) is 6.86. The van der Waals surface area contributed by atoms with Crippen LogP contribution in [-0.4, -0.2) is 47.9 Å². The van der Waals surface area contributed by atoms with Crippen LogP contribution in [0.15, 0.2) is 12.1 Å². The van der Waals surface area contributed by atoms with Crippen molar-refractivity contribution >= 4 is 34.8 Å². The van der Waals surface area contributed by atoms with Gasteiger partial charge >= 0.3 is 0 Å². The van der Waals surface area contributed by atoms with Crippen LogP contribution < -0.4 is 5.73 Å². The standard InChI is InChI=1S/C15H21Cl2N3O/c1-3-10(2)19-4-6-20(7-5-19)15(21)11-8-12(16)14(18)13(17)9-11/h8-10H,3-7,18H2,1-2H3. The molecule has 6 heteroatoms. The van der Waals surface area contributed by atoms with Gasteiger partial charge in [0.1, 0.15) is 0 Å². The lowest BCUT2D eigenvalue weighted by molar-refractivity contribution is 0.0579. The third-order valence-corrected chi connectivity index (χ3v) is 4.77. The highest BCUT2D eigenvalue weighted by Gasteiger charge is 2.24. The van der Waals surface area contributed by atoms with E-state index in [9.17, 15) is 4.79 Å². The van der Waals surface area contributed by atoms with Gasteiger partial charge in [-0.25, -0.2) is 0 Å². The molecular weight excluding hydrogens is 309 g/mol. The molecule has 21 heavy (non-hydrogen) atoms. The van der Waals surface area contributed by atoms with Crippen molar-refractivity contribution in [2.45, 2.75) is 26.3 Å². The average Bonchev–Trinajstić information content (AvgIpc) is 2.50. The lowest BCUT2D eigenvalue weighted by Gasteiger charge is -2.37. The smallest absolute Gasteiger partial charge is 0.254 e. The minimum Gasteiger partial charge on any atom is -0.396 e. The van der Waals surface area contributed by atoms with Crippen LogP contribution >= 0.6 is 23.2 Å². The summed E-state index contributed by atoms with van der Waals surface area (Å²) >= 11 is 12.0.